The molecule has 0 atom stereocenters. The number of carbonyl (C=O) groups excluding carboxylic acids is 1. The Bertz CT molecular complexity index is 349. The average Bonchev–Trinajstić information content (AvgIpc) is 2.49. The van der Waals surface area contributed by atoms with Gasteiger partial charge < -0.3 is 5.11 Å². The topological polar surface area (TPSA) is 67.3 Å². The Morgan fingerprint density at radius 3 is 2.69 bits per heavy atom. The van der Waals surface area contributed by atoms with Crippen molar-refractivity contribution in [3.8, 4) is 0 Å². The van der Waals surface area contributed by atoms with Crippen LogP contribution in [0.2, 0.25) is 0 Å². The molecule has 0 radical (unpaired) electrons. The first-order chi connectivity index (χ1) is 6.15. The summed E-state index contributed by atoms with van der Waals surface area (Å²) in [6.45, 7) is 0. The van der Waals surface area contributed by atoms with Gasteiger partial charge in [-0.3, -0.25) is 14.6 Å². The van der Waals surface area contributed by atoms with Gasteiger partial charge in [0.05, 0.1) is 5.51 Å². The summed E-state index contributed by atoms with van der Waals surface area (Å²) in [4.78, 5) is 26.3. The highest BCUT2D eigenvalue weighted by atomic mass is 32.1. The second-order valence-corrected chi connectivity index (χ2v) is 4.03. The number of hydrogen-bond acceptors (Lipinski definition) is 4. The lowest BCUT2D eigenvalue weighted by Crippen LogP contribution is -2.47. The normalized spacial score (nSPS) is 19.5. The van der Waals surface area contributed by atoms with Crippen molar-refractivity contribution in [2.24, 2.45) is 0 Å². The molecule has 0 aromatic carbocycles. The fourth-order valence-corrected chi connectivity index (χ4v) is 2.32. The molecular formula is C8H7NO3S. The third kappa shape index (κ3) is 1.07. The van der Waals surface area contributed by atoms with E-state index >= 15 is 0 Å². The third-order valence-corrected chi connectivity index (χ3v) is 3.29. The molecule has 1 heterocycles. The zero-order valence-electron chi connectivity index (χ0n) is 6.69. The standard InChI is InChI=1S/C8H7NO3S/c10-5-1-8(2-5,7(11)12)6-3-9-4-13-6/h3-4H,1-2H2,(H,11,12). The number of carboxylic acid groups (broad SMARTS) is 1. The maximum absolute atomic E-state index is 11.0. The zero-order chi connectivity index (χ0) is 9.47. The van der Waals surface area contributed by atoms with E-state index in [-0.39, 0.29) is 18.6 Å². The van der Waals surface area contributed by atoms with Crippen molar-refractivity contribution in [2.75, 3.05) is 0 Å². The van der Waals surface area contributed by atoms with E-state index in [0.717, 1.165) is 0 Å². The van der Waals surface area contributed by atoms with Crippen molar-refractivity contribution >= 4 is 23.1 Å². The van der Waals surface area contributed by atoms with Crippen molar-refractivity contribution in [3.05, 3.63) is 16.6 Å². The molecule has 1 saturated carbocycles. The lowest BCUT2D eigenvalue weighted by atomic mass is 9.67. The van der Waals surface area contributed by atoms with Crippen LogP contribution in [0, 0.1) is 0 Å². The van der Waals surface area contributed by atoms with Crippen LogP contribution in [0.3, 0.4) is 0 Å². The molecule has 0 aliphatic heterocycles. The molecule has 0 spiro atoms. The van der Waals surface area contributed by atoms with Gasteiger partial charge in [-0.15, -0.1) is 11.3 Å². The van der Waals surface area contributed by atoms with Crippen LogP contribution in [0.1, 0.15) is 17.7 Å². The highest BCUT2D eigenvalue weighted by Crippen LogP contribution is 2.43. The van der Waals surface area contributed by atoms with Gasteiger partial charge in [0.1, 0.15) is 11.2 Å². The number of hydrogen-bond donors (Lipinski definition) is 1. The fourth-order valence-electron chi connectivity index (χ4n) is 1.50. The van der Waals surface area contributed by atoms with Crippen LogP contribution in [0.25, 0.3) is 0 Å². The van der Waals surface area contributed by atoms with Crippen molar-refractivity contribution in [1.82, 2.24) is 4.98 Å². The maximum Gasteiger partial charge on any atom is 0.315 e. The van der Waals surface area contributed by atoms with Gasteiger partial charge in [0.2, 0.25) is 0 Å². The summed E-state index contributed by atoms with van der Waals surface area (Å²) in [6, 6.07) is 0. The molecule has 0 amide bonds. The van der Waals surface area contributed by atoms with Crippen LogP contribution in [0.4, 0.5) is 0 Å². The first-order valence-electron chi connectivity index (χ1n) is 3.79. The Labute approximate surface area is 78.2 Å². The minimum atomic E-state index is -0.960. The molecule has 13 heavy (non-hydrogen) atoms. The largest absolute Gasteiger partial charge is 0.481 e. The van der Waals surface area contributed by atoms with E-state index in [0.29, 0.717) is 4.88 Å². The Kier molecular flexibility index (Phi) is 1.69. The van der Waals surface area contributed by atoms with Gasteiger partial charge in [-0.1, -0.05) is 0 Å². The number of Topliss-reactive ketones (excluding diaryl/α,β-unsaturated/α-hetero) is 1. The number of aromatic nitrogens is 1. The van der Waals surface area contributed by atoms with E-state index in [1.54, 1.807) is 5.51 Å². The van der Waals surface area contributed by atoms with Crippen LogP contribution in [0.15, 0.2) is 11.7 Å². The Hall–Kier alpha value is -1.23. The second-order valence-electron chi connectivity index (χ2n) is 3.15. The lowest BCUT2D eigenvalue weighted by molar-refractivity contribution is -0.153. The number of carbonyl (C=O) groups is 2. The number of aliphatic carboxylic acids is 1. The van der Waals surface area contributed by atoms with E-state index in [1.807, 2.05) is 0 Å². The molecule has 1 fully saturated rings. The van der Waals surface area contributed by atoms with Crippen molar-refractivity contribution in [3.63, 3.8) is 0 Å². The van der Waals surface area contributed by atoms with Gasteiger partial charge >= 0.3 is 5.97 Å². The minimum absolute atomic E-state index is 0.0100. The molecule has 1 aliphatic rings. The molecule has 0 unspecified atom stereocenters. The third-order valence-electron chi connectivity index (χ3n) is 2.31. The Morgan fingerprint density at radius 1 is 1.62 bits per heavy atom. The molecule has 1 aromatic rings. The predicted octanol–water partition coefficient (Wildman–Crippen LogP) is 0.828. The van der Waals surface area contributed by atoms with Gasteiger partial charge in [-0.2, -0.15) is 0 Å². The van der Waals surface area contributed by atoms with E-state index in [4.69, 9.17) is 5.11 Å². The molecule has 0 bridgehead atoms. The van der Waals surface area contributed by atoms with E-state index in [9.17, 15) is 9.59 Å². The molecule has 2 rings (SSSR count). The summed E-state index contributed by atoms with van der Waals surface area (Å²) in [7, 11) is 0. The van der Waals surface area contributed by atoms with Gasteiger partial charge in [0, 0.05) is 23.9 Å². The molecule has 1 aromatic heterocycles. The summed E-state index contributed by atoms with van der Waals surface area (Å²) >= 11 is 1.29. The van der Waals surface area contributed by atoms with Crippen LogP contribution in [0.5, 0.6) is 0 Å². The average molecular weight is 197 g/mol. The molecule has 68 valence electrons. The summed E-state index contributed by atoms with van der Waals surface area (Å²) in [6.07, 6.45) is 1.76. The van der Waals surface area contributed by atoms with Crippen molar-refractivity contribution in [1.29, 1.82) is 0 Å². The number of carboxylic acids is 1. The molecule has 4 nitrogen and oxygen atoms in total. The minimum Gasteiger partial charge on any atom is -0.481 e. The Morgan fingerprint density at radius 2 is 2.31 bits per heavy atom. The number of nitrogens with zero attached hydrogens (tertiary/aromatic N) is 1. The predicted molar refractivity (Wildman–Crippen MR) is 45.7 cm³/mol. The van der Waals surface area contributed by atoms with Crippen molar-refractivity contribution < 1.29 is 14.7 Å². The zero-order valence-corrected chi connectivity index (χ0v) is 7.50. The first kappa shape index (κ1) is 8.37. The smallest absolute Gasteiger partial charge is 0.315 e. The summed E-state index contributed by atoms with van der Waals surface area (Å²) in [5.41, 5.74) is 0.626. The van der Waals surface area contributed by atoms with E-state index in [2.05, 4.69) is 4.98 Å². The summed E-state index contributed by atoms with van der Waals surface area (Å²) in [5.74, 6) is -0.910. The number of rotatable bonds is 2. The lowest BCUT2D eigenvalue weighted by Gasteiger charge is -2.34. The van der Waals surface area contributed by atoms with Crippen LogP contribution in [-0.4, -0.2) is 21.8 Å². The van der Waals surface area contributed by atoms with E-state index < -0.39 is 11.4 Å². The van der Waals surface area contributed by atoms with Crippen molar-refractivity contribution in [2.45, 2.75) is 18.3 Å². The quantitative estimate of drug-likeness (QED) is 0.762. The van der Waals surface area contributed by atoms with E-state index in [1.165, 1.54) is 17.5 Å². The Balaban J connectivity index is 2.37. The molecular weight excluding hydrogens is 190 g/mol. The molecule has 0 saturated heterocycles. The monoisotopic (exact) mass is 197 g/mol. The molecule has 1 N–H and O–H groups in total. The van der Waals surface area contributed by atoms with Crippen LogP contribution in [-0.2, 0) is 15.0 Å². The van der Waals surface area contributed by atoms with Gasteiger partial charge in [0.25, 0.3) is 0 Å². The first-order valence-corrected chi connectivity index (χ1v) is 4.67. The molecule has 5 heteroatoms. The van der Waals surface area contributed by atoms with Crippen LogP contribution >= 0.6 is 11.3 Å². The number of ketones is 1. The maximum atomic E-state index is 11.0. The highest BCUT2D eigenvalue weighted by molar-refractivity contribution is 7.10. The summed E-state index contributed by atoms with van der Waals surface area (Å²) < 4.78 is 0. The molecule has 1 aliphatic carbocycles. The van der Waals surface area contributed by atoms with Gasteiger partial charge in [-0.05, 0) is 0 Å². The van der Waals surface area contributed by atoms with Gasteiger partial charge in [-0.25, -0.2) is 0 Å². The fraction of sp³-hybridized carbons (Fsp3) is 0.375. The van der Waals surface area contributed by atoms with Crippen LogP contribution < -0.4 is 0 Å². The second kappa shape index (κ2) is 2.63. The SMILES string of the molecule is O=C1CC(C(=O)O)(c2cncs2)C1. The van der Waals surface area contributed by atoms with Gasteiger partial charge in [0.15, 0.2) is 0 Å². The highest BCUT2D eigenvalue weighted by Gasteiger charge is 2.52. The number of thiazole rings is 1. The summed E-state index contributed by atoms with van der Waals surface area (Å²) in [5, 5.41) is 9.00.